The second-order valence-electron chi connectivity index (χ2n) is 8.77. The molecule has 1 aliphatic rings. The minimum Gasteiger partial charge on any atom is -0.444 e. The highest BCUT2D eigenvalue weighted by molar-refractivity contribution is 5.87. The second kappa shape index (κ2) is 8.49. The Balaban J connectivity index is 1.60. The third-order valence-corrected chi connectivity index (χ3v) is 5.19. The van der Waals surface area contributed by atoms with Crippen molar-refractivity contribution in [2.24, 2.45) is 0 Å². The lowest BCUT2D eigenvalue weighted by atomic mass is 10.1. The van der Waals surface area contributed by atoms with Crippen molar-refractivity contribution in [3.8, 4) is 5.75 Å². The van der Waals surface area contributed by atoms with Gasteiger partial charge in [-0.05, 0) is 63.3 Å². The van der Waals surface area contributed by atoms with Crippen LogP contribution in [-0.4, -0.2) is 17.7 Å². The van der Waals surface area contributed by atoms with Crippen molar-refractivity contribution in [2.45, 2.75) is 51.7 Å². The summed E-state index contributed by atoms with van der Waals surface area (Å²) in [6.07, 6.45) is 1.74. The maximum absolute atomic E-state index is 13.0. The summed E-state index contributed by atoms with van der Waals surface area (Å²) in [5, 5.41) is 3.43. The van der Waals surface area contributed by atoms with E-state index in [1.54, 1.807) is 57.2 Å². The van der Waals surface area contributed by atoms with Gasteiger partial charge >= 0.3 is 17.7 Å². The van der Waals surface area contributed by atoms with Gasteiger partial charge in [0, 0.05) is 17.0 Å². The van der Waals surface area contributed by atoms with Crippen molar-refractivity contribution >= 4 is 23.0 Å². The average molecular weight is 435 g/mol. The van der Waals surface area contributed by atoms with E-state index in [1.165, 1.54) is 6.07 Å². The number of amides is 1. The Hall–Kier alpha value is -3.61. The zero-order chi connectivity index (χ0) is 22.9. The molecule has 7 nitrogen and oxygen atoms in total. The lowest BCUT2D eigenvalue weighted by Crippen LogP contribution is -2.39. The molecule has 0 spiro atoms. The Kier molecular flexibility index (Phi) is 5.74. The molecule has 32 heavy (non-hydrogen) atoms. The van der Waals surface area contributed by atoms with E-state index in [0.717, 1.165) is 35.8 Å². The highest BCUT2D eigenvalue weighted by Gasteiger charge is 2.28. The van der Waals surface area contributed by atoms with Gasteiger partial charge in [0.15, 0.2) is 6.04 Å². The van der Waals surface area contributed by atoms with Crippen LogP contribution in [-0.2, 0) is 22.4 Å². The fraction of sp³-hybridized carbons (Fsp3) is 0.320. The highest BCUT2D eigenvalue weighted by atomic mass is 16.6. The number of hydrogen-bond donors (Lipinski definition) is 1. The molecule has 166 valence electrons. The Bertz CT molecular complexity index is 1220. The van der Waals surface area contributed by atoms with Crippen molar-refractivity contribution in [1.82, 2.24) is 5.32 Å². The molecule has 4 rings (SSSR count). The molecule has 0 radical (unpaired) electrons. The number of carbonyl (C=O) groups is 2. The van der Waals surface area contributed by atoms with Crippen LogP contribution in [0.15, 0.2) is 57.7 Å². The molecule has 0 saturated carbocycles. The minimum absolute atomic E-state index is 0.218. The van der Waals surface area contributed by atoms with Gasteiger partial charge in [0.2, 0.25) is 0 Å². The molecule has 1 aliphatic carbocycles. The lowest BCUT2D eigenvalue weighted by Gasteiger charge is -2.23. The first-order chi connectivity index (χ1) is 15.2. The van der Waals surface area contributed by atoms with E-state index in [-0.39, 0.29) is 11.4 Å². The molecule has 1 N–H and O–H groups in total. The molecular weight excluding hydrogens is 410 g/mol. The monoisotopic (exact) mass is 435 g/mol. The number of nitrogens with one attached hydrogen (secondary N) is 1. The predicted molar refractivity (Wildman–Crippen MR) is 119 cm³/mol. The SMILES string of the molecule is CC(C)(C)OC(=O)N[C@H](C(=O)Oc1ccc2c3c(c(=O)oc2c1)CCC3)c1ccccc1. The Morgan fingerprint density at radius 3 is 2.47 bits per heavy atom. The predicted octanol–water partition coefficient (Wildman–Crippen LogP) is 4.45. The van der Waals surface area contributed by atoms with E-state index in [1.807, 2.05) is 6.07 Å². The summed E-state index contributed by atoms with van der Waals surface area (Å²) in [5.74, 6) is -0.472. The number of benzene rings is 2. The molecular formula is C25H25NO6. The second-order valence-corrected chi connectivity index (χ2v) is 8.77. The van der Waals surface area contributed by atoms with Crippen molar-refractivity contribution in [2.75, 3.05) is 0 Å². The number of fused-ring (bicyclic) bond motifs is 3. The highest BCUT2D eigenvalue weighted by Crippen LogP contribution is 2.30. The fourth-order valence-corrected chi connectivity index (χ4v) is 3.85. The van der Waals surface area contributed by atoms with Crippen molar-refractivity contribution in [3.05, 3.63) is 75.6 Å². The van der Waals surface area contributed by atoms with Crippen LogP contribution in [0.4, 0.5) is 4.79 Å². The smallest absolute Gasteiger partial charge is 0.408 e. The summed E-state index contributed by atoms with van der Waals surface area (Å²) in [6, 6.07) is 12.7. The number of aryl methyl sites for hydroxylation is 1. The van der Waals surface area contributed by atoms with Crippen LogP contribution in [0.5, 0.6) is 5.75 Å². The van der Waals surface area contributed by atoms with Crippen molar-refractivity contribution in [3.63, 3.8) is 0 Å². The number of alkyl carbamates (subject to hydrolysis) is 1. The van der Waals surface area contributed by atoms with E-state index < -0.39 is 23.7 Å². The van der Waals surface area contributed by atoms with Crippen LogP contribution in [0.25, 0.3) is 11.0 Å². The molecule has 1 atom stereocenters. The maximum atomic E-state index is 13.0. The summed E-state index contributed by atoms with van der Waals surface area (Å²) < 4.78 is 16.3. The topological polar surface area (TPSA) is 94.8 Å². The molecule has 1 heterocycles. The van der Waals surface area contributed by atoms with Crippen LogP contribution >= 0.6 is 0 Å². The van der Waals surface area contributed by atoms with Crippen molar-refractivity contribution in [1.29, 1.82) is 0 Å². The fourth-order valence-electron chi connectivity index (χ4n) is 3.85. The Morgan fingerprint density at radius 1 is 1.03 bits per heavy atom. The normalized spacial score (nSPS) is 14.0. The summed E-state index contributed by atoms with van der Waals surface area (Å²) in [7, 11) is 0. The number of hydrogen-bond acceptors (Lipinski definition) is 6. The Labute approximate surface area is 185 Å². The molecule has 0 aliphatic heterocycles. The first-order valence-electron chi connectivity index (χ1n) is 10.6. The first kappa shape index (κ1) is 21.6. The standard InChI is InChI=1S/C25H25NO6/c1-25(2,3)32-24(29)26-21(15-8-5-4-6-9-15)23(28)30-16-12-13-18-17-10-7-11-19(17)22(27)31-20(18)14-16/h4-6,8-9,12-14,21H,7,10-11H2,1-3H3,(H,26,29)/t21-/m0/s1. The van der Waals surface area contributed by atoms with Gasteiger partial charge in [0.1, 0.15) is 16.9 Å². The number of carbonyl (C=O) groups excluding carboxylic acids is 2. The van der Waals surface area contributed by atoms with Crippen LogP contribution < -0.4 is 15.7 Å². The van der Waals surface area contributed by atoms with Gasteiger partial charge in [-0.3, -0.25) is 0 Å². The van der Waals surface area contributed by atoms with Crippen LogP contribution in [0.1, 0.15) is 49.9 Å². The molecule has 0 fully saturated rings. The molecule has 0 bridgehead atoms. The molecule has 3 aromatic rings. The summed E-state index contributed by atoms with van der Waals surface area (Å²) >= 11 is 0. The third kappa shape index (κ3) is 4.66. The molecule has 1 amide bonds. The zero-order valence-corrected chi connectivity index (χ0v) is 18.3. The maximum Gasteiger partial charge on any atom is 0.408 e. The average Bonchev–Trinajstić information content (AvgIpc) is 3.22. The molecule has 0 unspecified atom stereocenters. The first-order valence-corrected chi connectivity index (χ1v) is 10.6. The van der Waals surface area contributed by atoms with E-state index in [0.29, 0.717) is 11.1 Å². The third-order valence-electron chi connectivity index (χ3n) is 5.19. The lowest BCUT2D eigenvalue weighted by molar-refractivity contribution is -0.137. The summed E-state index contributed by atoms with van der Waals surface area (Å²) in [4.78, 5) is 37.6. The van der Waals surface area contributed by atoms with Gasteiger partial charge in [-0.15, -0.1) is 0 Å². The molecule has 0 saturated heterocycles. The minimum atomic E-state index is -1.08. The molecule has 2 aromatic carbocycles. The van der Waals surface area contributed by atoms with Crippen LogP contribution in [0.2, 0.25) is 0 Å². The largest absolute Gasteiger partial charge is 0.444 e. The number of rotatable bonds is 4. The molecule has 1 aromatic heterocycles. The number of ether oxygens (including phenoxy) is 2. The summed E-state index contributed by atoms with van der Waals surface area (Å²) in [5.41, 5.74) is 1.59. The van der Waals surface area contributed by atoms with E-state index >= 15 is 0 Å². The van der Waals surface area contributed by atoms with E-state index in [4.69, 9.17) is 13.9 Å². The summed E-state index contributed by atoms with van der Waals surface area (Å²) in [6.45, 7) is 5.21. The molecule has 7 heteroatoms. The van der Waals surface area contributed by atoms with Crippen molar-refractivity contribution < 1.29 is 23.5 Å². The van der Waals surface area contributed by atoms with Gasteiger partial charge in [0.25, 0.3) is 0 Å². The Morgan fingerprint density at radius 2 is 1.75 bits per heavy atom. The van der Waals surface area contributed by atoms with Gasteiger partial charge < -0.3 is 19.2 Å². The van der Waals surface area contributed by atoms with E-state index in [9.17, 15) is 14.4 Å². The van der Waals surface area contributed by atoms with Crippen LogP contribution in [0, 0.1) is 0 Å². The van der Waals surface area contributed by atoms with E-state index in [2.05, 4.69) is 5.32 Å². The number of esters is 1. The van der Waals surface area contributed by atoms with Gasteiger partial charge in [-0.1, -0.05) is 30.3 Å². The van der Waals surface area contributed by atoms with Gasteiger partial charge in [-0.25, -0.2) is 14.4 Å². The van der Waals surface area contributed by atoms with Crippen LogP contribution in [0.3, 0.4) is 0 Å². The zero-order valence-electron chi connectivity index (χ0n) is 18.3. The van der Waals surface area contributed by atoms with Gasteiger partial charge in [0.05, 0.1) is 0 Å². The quantitative estimate of drug-likeness (QED) is 0.370. The van der Waals surface area contributed by atoms with Gasteiger partial charge in [-0.2, -0.15) is 0 Å².